The second-order valence-corrected chi connectivity index (χ2v) is 4.98. The van der Waals surface area contributed by atoms with Crippen LogP contribution in [0.5, 0.6) is 0 Å². The van der Waals surface area contributed by atoms with Gasteiger partial charge < -0.3 is 9.30 Å². The van der Waals surface area contributed by atoms with Crippen LogP contribution in [0.4, 0.5) is 0 Å². The molecule has 0 aliphatic carbocycles. The molecule has 1 aliphatic rings. The van der Waals surface area contributed by atoms with Gasteiger partial charge in [0.2, 0.25) is 0 Å². The number of hydrogen-bond donors (Lipinski definition) is 0. The van der Waals surface area contributed by atoms with Crippen LogP contribution in [0.3, 0.4) is 0 Å². The summed E-state index contributed by atoms with van der Waals surface area (Å²) in [5.74, 6) is 0.722. The van der Waals surface area contributed by atoms with Crippen molar-refractivity contribution in [2.45, 2.75) is 32.7 Å². The van der Waals surface area contributed by atoms with Gasteiger partial charge in [0.15, 0.2) is 0 Å². The molecule has 0 atom stereocenters. The number of ether oxygens (including phenoxy) is 1. The smallest absolute Gasteiger partial charge is 0.338 e. The van der Waals surface area contributed by atoms with Crippen LogP contribution < -0.4 is 0 Å². The number of carbonyl (C=O) groups excluding carboxylic acids is 1. The van der Waals surface area contributed by atoms with Gasteiger partial charge in [-0.1, -0.05) is 12.1 Å². The Morgan fingerprint density at radius 3 is 2.85 bits per heavy atom. The van der Waals surface area contributed by atoms with Crippen LogP contribution in [0.1, 0.15) is 35.8 Å². The highest BCUT2D eigenvalue weighted by Gasteiger charge is 2.15. The standard InChI is InChI=1S/C16H18N2O2/c1-2-20-16(19)13-8-6-12(7-9-13)15-17-11-14-5-3-4-10-18(14)15/h6-9,11H,2-5,10H2,1H3. The van der Waals surface area contributed by atoms with Gasteiger partial charge in [-0.05, 0) is 38.3 Å². The summed E-state index contributed by atoms with van der Waals surface area (Å²) in [5, 5.41) is 0. The van der Waals surface area contributed by atoms with Crippen LogP contribution in [-0.2, 0) is 17.7 Å². The van der Waals surface area contributed by atoms with Crippen molar-refractivity contribution in [3.8, 4) is 11.4 Å². The zero-order valence-corrected chi connectivity index (χ0v) is 11.6. The van der Waals surface area contributed by atoms with Gasteiger partial charge in [-0.3, -0.25) is 0 Å². The number of carbonyl (C=O) groups is 1. The van der Waals surface area contributed by atoms with E-state index in [1.165, 1.54) is 18.5 Å². The molecule has 4 nitrogen and oxygen atoms in total. The minimum Gasteiger partial charge on any atom is -0.462 e. The number of rotatable bonds is 3. The summed E-state index contributed by atoms with van der Waals surface area (Å²) in [4.78, 5) is 16.2. The number of fused-ring (bicyclic) bond motifs is 1. The number of hydrogen-bond acceptors (Lipinski definition) is 3. The first-order chi connectivity index (χ1) is 9.79. The third-order valence-corrected chi connectivity index (χ3v) is 3.66. The van der Waals surface area contributed by atoms with Crippen molar-refractivity contribution in [1.82, 2.24) is 9.55 Å². The minimum atomic E-state index is -0.274. The molecule has 4 heteroatoms. The molecule has 20 heavy (non-hydrogen) atoms. The fourth-order valence-electron chi connectivity index (χ4n) is 2.64. The molecule has 0 fully saturated rings. The van der Waals surface area contributed by atoms with Gasteiger partial charge in [-0.15, -0.1) is 0 Å². The van der Waals surface area contributed by atoms with E-state index >= 15 is 0 Å². The normalized spacial score (nSPS) is 13.8. The number of nitrogens with zero attached hydrogens (tertiary/aromatic N) is 2. The Kier molecular flexibility index (Phi) is 3.54. The van der Waals surface area contributed by atoms with Crippen molar-refractivity contribution in [2.24, 2.45) is 0 Å². The van der Waals surface area contributed by atoms with E-state index in [2.05, 4.69) is 9.55 Å². The molecule has 0 radical (unpaired) electrons. The van der Waals surface area contributed by atoms with Crippen LogP contribution in [0.2, 0.25) is 0 Å². The maximum Gasteiger partial charge on any atom is 0.338 e. The fraction of sp³-hybridized carbons (Fsp3) is 0.375. The predicted octanol–water partition coefficient (Wildman–Crippen LogP) is 3.06. The van der Waals surface area contributed by atoms with Crippen LogP contribution >= 0.6 is 0 Å². The van der Waals surface area contributed by atoms with E-state index in [1.54, 1.807) is 12.1 Å². The summed E-state index contributed by atoms with van der Waals surface area (Å²) >= 11 is 0. The molecule has 1 aromatic heterocycles. The van der Waals surface area contributed by atoms with Gasteiger partial charge in [0.25, 0.3) is 0 Å². The second kappa shape index (κ2) is 5.49. The number of esters is 1. The topological polar surface area (TPSA) is 44.1 Å². The molecule has 0 amide bonds. The second-order valence-electron chi connectivity index (χ2n) is 4.98. The summed E-state index contributed by atoms with van der Waals surface area (Å²) in [7, 11) is 0. The molecular formula is C16H18N2O2. The van der Waals surface area contributed by atoms with Gasteiger partial charge >= 0.3 is 5.97 Å². The van der Waals surface area contributed by atoms with E-state index < -0.39 is 0 Å². The molecule has 0 saturated heterocycles. The van der Waals surface area contributed by atoms with E-state index in [0.717, 1.165) is 24.4 Å². The summed E-state index contributed by atoms with van der Waals surface area (Å²) in [6, 6.07) is 7.49. The largest absolute Gasteiger partial charge is 0.462 e. The van der Waals surface area contributed by atoms with Gasteiger partial charge in [-0.25, -0.2) is 9.78 Å². The van der Waals surface area contributed by atoms with Crippen LogP contribution in [-0.4, -0.2) is 22.1 Å². The number of aromatic nitrogens is 2. The molecule has 1 aliphatic heterocycles. The molecule has 0 N–H and O–H groups in total. The number of imidazole rings is 1. The first-order valence-corrected chi connectivity index (χ1v) is 7.11. The SMILES string of the molecule is CCOC(=O)c1ccc(-c2ncc3n2CCCC3)cc1. The molecule has 2 aromatic rings. The molecule has 0 unspecified atom stereocenters. The third-order valence-electron chi connectivity index (χ3n) is 3.66. The van der Waals surface area contributed by atoms with Crippen LogP contribution in [0.15, 0.2) is 30.5 Å². The first-order valence-electron chi connectivity index (χ1n) is 7.11. The highest BCUT2D eigenvalue weighted by atomic mass is 16.5. The number of aryl methyl sites for hydroxylation is 1. The van der Waals surface area contributed by atoms with E-state index in [9.17, 15) is 4.79 Å². The van der Waals surface area contributed by atoms with Crippen molar-refractivity contribution in [3.63, 3.8) is 0 Å². The predicted molar refractivity (Wildman–Crippen MR) is 76.6 cm³/mol. The average Bonchev–Trinajstić information content (AvgIpc) is 2.92. The zero-order valence-electron chi connectivity index (χ0n) is 11.6. The minimum absolute atomic E-state index is 0.274. The monoisotopic (exact) mass is 270 g/mol. The van der Waals surface area contributed by atoms with E-state index in [0.29, 0.717) is 12.2 Å². The lowest BCUT2D eigenvalue weighted by Gasteiger charge is -2.16. The van der Waals surface area contributed by atoms with Crippen molar-refractivity contribution >= 4 is 5.97 Å². The van der Waals surface area contributed by atoms with Crippen molar-refractivity contribution < 1.29 is 9.53 Å². The molecule has 2 heterocycles. The highest BCUT2D eigenvalue weighted by molar-refractivity contribution is 5.89. The Bertz CT molecular complexity index is 614. The lowest BCUT2D eigenvalue weighted by Crippen LogP contribution is -2.10. The Morgan fingerprint density at radius 2 is 2.10 bits per heavy atom. The lowest BCUT2D eigenvalue weighted by atomic mass is 10.1. The Labute approximate surface area is 118 Å². The van der Waals surface area contributed by atoms with E-state index in [1.807, 2.05) is 25.3 Å². The summed E-state index contributed by atoms with van der Waals surface area (Å²) in [6.07, 6.45) is 5.52. The first kappa shape index (κ1) is 12.9. The van der Waals surface area contributed by atoms with Crippen molar-refractivity contribution in [3.05, 3.63) is 41.7 Å². The van der Waals surface area contributed by atoms with Gasteiger partial charge in [0.1, 0.15) is 5.82 Å². The average molecular weight is 270 g/mol. The van der Waals surface area contributed by atoms with Crippen molar-refractivity contribution in [1.29, 1.82) is 0 Å². The van der Waals surface area contributed by atoms with E-state index in [-0.39, 0.29) is 5.97 Å². The Balaban J connectivity index is 1.88. The van der Waals surface area contributed by atoms with Crippen molar-refractivity contribution in [2.75, 3.05) is 6.61 Å². The molecule has 3 rings (SSSR count). The third kappa shape index (κ3) is 2.33. The van der Waals surface area contributed by atoms with Gasteiger partial charge in [-0.2, -0.15) is 0 Å². The van der Waals surface area contributed by atoms with E-state index in [4.69, 9.17) is 4.74 Å². The molecular weight excluding hydrogens is 252 g/mol. The van der Waals surface area contributed by atoms with Crippen LogP contribution in [0.25, 0.3) is 11.4 Å². The molecule has 104 valence electrons. The maximum atomic E-state index is 11.6. The molecule has 0 bridgehead atoms. The highest BCUT2D eigenvalue weighted by Crippen LogP contribution is 2.24. The quantitative estimate of drug-likeness (QED) is 0.805. The van der Waals surface area contributed by atoms with Crippen LogP contribution in [0, 0.1) is 0 Å². The Hall–Kier alpha value is -2.10. The zero-order chi connectivity index (χ0) is 13.9. The Morgan fingerprint density at radius 1 is 1.30 bits per heavy atom. The maximum absolute atomic E-state index is 11.6. The molecule has 1 aromatic carbocycles. The fourth-order valence-corrected chi connectivity index (χ4v) is 2.64. The summed E-state index contributed by atoms with van der Waals surface area (Å²) in [6.45, 7) is 3.24. The van der Waals surface area contributed by atoms with Gasteiger partial charge in [0.05, 0.1) is 12.2 Å². The summed E-state index contributed by atoms with van der Waals surface area (Å²) in [5.41, 5.74) is 2.94. The van der Waals surface area contributed by atoms with Gasteiger partial charge in [0, 0.05) is 24.0 Å². The number of benzene rings is 1. The summed E-state index contributed by atoms with van der Waals surface area (Å²) < 4.78 is 7.27. The lowest BCUT2D eigenvalue weighted by molar-refractivity contribution is 0.0526. The molecule has 0 saturated carbocycles. The molecule has 0 spiro atoms.